The molecule has 20 heavy (non-hydrogen) atoms. The van der Waals surface area contributed by atoms with Crippen molar-refractivity contribution >= 4 is 17.2 Å². The van der Waals surface area contributed by atoms with Crippen LogP contribution < -0.4 is 11.1 Å². The maximum atomic E-state index is 12.2. The van der Waals surface area contributed by atoms with E-state index in [9.17, 15) is 4.79 Å². The van der Waals surface area contributed by atoms with E-state index in [1.807, 2.05) is 19.1 Å². The van der Waals surface area contributed by atoms with Crippen LogP contribution in [0.25, 0.3) is 0 Å². The van der Waals surface area contributed by atoms with Gasteiger partial charge in [0.25, 0.3) is 0 Å². The smallest absolute Gasteiger partial charge is 0.181 e. The maximum absolute atomic E-state index is 12.2. The first kappa shape index (κ1) is 14.1. The minimum absolute atomic E-state index is 0.0441. The van der Waals surface area contributed by atoms with Gasteiger partial charge in [-0.05, 0) is 36.6 Å². The highest BCUT2D eigenvalue weighted by Gasteiger charge is 2.08. The van der Waals surface area contributed by atoms with E-state index in [-0.39, 0.29) is 12.3 Å². The third-order valence-electron chi connectivity index (χ3n) is 3.37. The number of hydrogen-bond acceptors (Lipinski definition) is 3. The molecule has 0 aliphatic heterocycles. The summed E-state index contributed by atoms with van der Waals surface area (Å²) in [7, 11) is 0. The molecular weight excluding hydrogens is 248 g/mol. The molecule has 0 saturated carbocycles. The van der Waals surface area contributed by atoms with Gasteiger partial charge in [0, 0.05) is 16.9 Å². The number of para-hydroxylation sites is 1. The van der Waals surface area contributed by atoms with E-state index in [0.717, 1.165) is 17.7 Å². The molecule has 0 unspecified atom stereocenters. The zero-order valence-corrected chi connectivity index (χ0v) is 11.9. The summed E-state index contributed by atoms with van der Waals surface area (Å²) in [5.74, 6) is 0.0441. The maximum Gasteiger partial charge on any atom is 0.181 e. The SMILES string of the molecule is CCc1cccc(C)c1NCC(=O)c1cccc(N)c1. The monoisotopic (exact) mass is 268 g/mol. The number of aryl methyl sites for hydroxylation is 2. The number of rotatable bonds is 5. The second-order valence-corrected chi connectivity index (χ2v) is 4.86. The van der Waals surface area contributed by atoms with Crippen LogP contribution in [0.4, 0.5) is 11.4 Å². The Morgan fingerprint density at radius 2 is 1.95 bits per heavy atom. The predicted molar refractivity (Wildman–Crippen MR) is 84.2 cm³/mol. The number of nitrogens with one attached hydrogen (secondary N) is 1. The van der Waals surface area contributed by atoms with Crippen molar-refractivity contribution < 1.29 is 4.79 Å². The van der Waals surface area contributed by atoms with Crippen molar-refractivity contribution in [2.75, 3.05) is 17.6 Å². The fraction of sp³-hybridized carbons (Fsp3) is 0.235. The van der Waals surface area contributed by atoms with E-state index in [1.165, 1.54) is 5.56 Å². The summed E-state index contributed by atoms with van der Waals surface area (Å²) < 4.78 is 0. The standard InChI is InChI=1S/C17H20N2O/c1-3-13-7-4-6-12(2)17(13)19-11-16(20)14-8-5-9-15(18)10-14/h4-10,19H,3,11,18H2,1-2H3. The molecule has 0 aliphatic rings. The van der Waals surface area contributed by atoms with Gasteiger partial charge in [-0.1, -0.05) is 37.3 Å². The van der Waals surface area contributed by atoms with Crippen LogP contribution in [0.5, 0.6) is 0 Å². The minimum atomic E-state index is 0.0441. The normalized spacial score (nSPS) is 10.3. The van der Waals surface area contributed by atoms with Gasteiger partial charge in [0.2, 0.25) is 0 Å². The van der Waals surface area contributed by atoms with Crippen molar-refractivity contribution in [3.63, 3.8) is 0 Å². The number of benzene rings is 2. The van der Waals surface area contributed by atoms with Crippen LogP contribution in [-0.2, 0) is 6.42 Å². The predicted octanol–water partition coefficient (Wildman–Crippen LogP) is 3.43. The second kappa shape index (κ2) is 6.24. The fourth-order valence-corrected chi connectivity index (χ4v) is 2.26. The first-order valence-electron chi connectivity index (χ1n) is 6.83. The molecule has 2 aromatic carbocycles. The Morgan fingerprint density at radius 1 is 1.20 bits per heavy atom. The average Bonchev–Trinajstić information content (AvgIpc) is 2.45. The van der Waals surface area contributed by atoms with Gasteiger partial charge in [-0.3, -0.25) is 4.79 Å². The number of hydrogen-bond donors (Lipinski definition) is 2. The highest BCUT2D eigenvalue weighted by Crippen LogP contribution is 2.21. The largest absolute Gasteiger partial charge is 0.399 e. The molecule has 0 heterocycles. The third-order valence-corrected chi connectivity index (χ3v) is 3.37. The van der Waals surface area contributed by atoms with Crippen molar-refractivity contribution in [2.24, 2.45) is 0 Å². The third kappa shape index (κ3) is 3.18. The van der Waals surface area contributed by atoms with E-state index in [0.29, 0.717) is 11.3 Å². The molecule has 104 valence electrons. The summed E-state index contributed by atoms with van der Waals surface area (Å²) in [5.41, 5.74) is 10.4. The van der Waals surface area contributed by atoms with Crippen molar-refractivity contribution in [2.45, 2.75) is 20.3 Å². The number of anilines is 2. The van der Waals surface area contributed by atoms with Gasteiger partial charge in [0.1, 0.15) is 0 Å². The molecule has 0 fully saturated rings. The number of ketones is 1. The molecular formula is C17H20N2O. The summed E-state index contributed by atoms with van der Waals surface area (Å²) in [5, 5.41) is 3.26. The quantitative estimate of drug-likeness (QED) is 0.645. The number of nitrogens with two attached hydrogens (primary N) is 1. The van der Waals surface area contributed by atoms with Crippen LogP contribution in [0.1, 0.15) is 28.4 Å². The van der Waals surface area contributed by atoms with E-state index in [2.05, 4.69) is 18.3 Å². The molecule has 0 aliphatic carbocycles. The molecule has 0 amide bonds. The first-order valence-corrected chi connectivity index (χ1v) is 6.83. The molecule has 3 nitrogen and oxygen atoms in total. The van der Waals surface area contributed by atoms with Gasteiger partial charge >= 0.3 is 0 Å². The lowest BCUT2D eigenvalue weighted by molar-refractivity contribution is 0.101. The second-order valence-electron chi connectivity index (χ2n) is 4.86. The highest BCUT2D eigenvalue weighted by atomic mass is 16.1. The molecule has 0 radical (unpaired) electrons. The van der Waals surface area contributed by atoms with E-state index < -0.39 is 0 Å². The molecule has 2 rings (SSSR count). The Bertz CT molecular complexity index is 620. The summed E-state index contributed by atoms with van der Waals surface area (Å²) >= 11 is 0. The number of carbonyl (C=O) groups excluding carboxylic acids is 1. The van der Waals surface area contributed by atoms with E-state index in [4.69, 9.17) is 5.73 Å². The lowest BCUT2D eigenvalue weighted by atomic mass is 10.1. The zero-order chi connectivity index (χ0) is 14.5. The van der Waals surface area contributed by atoms with E-state index >= 15 is 0 Å². The van der Waals surface area contributed by atoms with Gasteiger partial charge in [-0.15, -0.1) is 0 Å². The molecule has 0 aromatic heterocycles. The van der Waals surface area contributed by atoms with Gasteiger partial charge < -0.3 is 11.1 Å². The topological polar surface area (TPSA) is 55.1 Å². The summed E-state index contributed by atoms with van der Waals surface area (Å²) in [6, 6.07) is 13.3. The lowest BCUT2D eigenvalue weighted by Crippen LogP contribution is -2.15. The highest BCUT2D eigenvalue weighted by molar-refractivity contribution is 5.99. The average molecular weight is 268 g/mol. The molecule has 0 atom stereocenters. The van der Waals surface area contributed by atoms with Crippen molar-refractivity contribution in [3.8, 4) is 0 Å². The van der Waals surface area contributed by atoms with Crippen molar-refractivity contribution in [1.29, 1.82) is 0 Å². The minimum Gasteiger partial charge on any atom is -0.399 e. The number of Topliss-reactive ketones (excluding diaryl/α,β-unsaturated/α-hetero) is 1. The molecule has 0 bridgehead atoms. The van der Waals surface area contributed by atoms with Crippen LogP contribution in [0, 0.1) is 6.92 Å². The molecule has 2 aromatic rings. The van der Waals surface area contributed by atoms with Crippen LogP contribution in [-0.4, -0.2) is 12.3 Å². The summed E-state index contributed by atoms with van der Waals surface area (Å²) in [6.07, 6.45) is 0.941. The van der Waals surface area contributed by atoms with Gasteiger partial charge in [-0.2, -0.15) is 0 Å². The molecule has 3 heteroatoms. The Kier molecular flexibility index (Phi) is 4.41. The van der Waals surface area contributed by atoms with Crippen molar-refractivity contribution in [1.82, 2.24) is 0 Å². The van der Waals surface area contributed by atoms with Crippen LogP contribution in [0.2, 0.25) is 0 Å². The van der Waals surface area contributed by atoms with Crippen LogP contribution in [0.15, 0.2) is 42.5 Å². The molecule has 0 saturated heterocycles. The van der Waals surface area contributed by atoms with Gasteiger partial charge in [-0.25, -0.2) is 0 Å². The Balaban J connectivity index is 2.11. The fourth-order valence-electron chi connectivity index (χ4n) is 2.26. The number of nitrogen functional groups attached to an aromatic ring is 1. The number of carbonyl (C=O) groups is 1. The Hall–Kier alpha value is -2.29. The zero-order valence-electron chi connectivity index (χ0n) is 11.9. The summed E-state index contributed by atoms with van der Waals surface area (Å²) in [4.78, 5) is 12.2. The Labute approximate surface area is 119 Å². The van der Waals surface area contributed by atoms with Gasteiger partial charge in [0.05, 0.1) is 6.54 Å². The summed E-state index contributed by atoms with van der Waals surface area (Å²) in [6.45, 7) is 4.44. The van der Waals surface area contributed by atoms with Crippen LogP contribution in [0.3, 0.4) is 0 Å². The first-order chi connectivity index (χ1) is 9.61. The molecule has 3 N–H and O–H groups in total. The van der Waals surface area contributed by atoms with Crippen molar-refractivity contribution in [3.05, 3.63) is 59.2 Å². The van der Waals surface area contributed by atoms with Gasteiger partial charge in [0.15, 0.2) is 5.78 Å². The Morgan fingerprint density at radius 3 is 2.65 bits per heavy atom. The van der Waals surface area contributed by atoms with Crippen LogP contribution >= 0.6 is 0 Å². The van der Waals surface area contributed by atoms with E-state index in [1.54, 1.807) is 24.3 Å². The lowest BCUT2D eigenvalue weighted by Gasteiger charge is -2.13. The molecule has 0 spiro atoms.